The lowest BCUT2D eigenvalue weighted by molar-refractivity contribution is 0.274. The van der Waals surface area contributed by atoms with Crippen molar-refractivity contribution in [3.8, 4) is 0 Å². The SMILES string of the molecule is CC.CNCC(CCO)c1ccccc1. The van der Waals surface area contributed by atoms with Crippen LogP contribution < -0.4 is 5.32 Å². The monoisotopic (exact) mass is 209 g/mol. The lowest BCUT2D eigenvalue weighted by atomic mass is 9.96. The van der Waals surface area contributed by atoms with E-state index in [9.17, 15) is 0 Å². The van der Waals surface area contributed by atoms with E-state index in [-0.39, 0.29) is 6.61 Å². The molecule has 0 aromatic heterocycles. The van der Waals surface area contributed by atoms with Crippen molar-refractivity contribution in [3.63, 3.8) is 0 Å². The van der Waals surface area contributed by atoms with Gasteiger partial charge in [-0.05, 0) is 24.9 Å². The van der Waals surface area contributed by atoms with Gasteiger partial charge in [-0.15, -0.1) is 0 Å². The number of hydrogen-bond donors (Lipinski definition) is 2. The molecule has 1 aromatic rings. The van der Waals surface area contributed by atoms with E-state index in [0.717, 1.165) is 13.0 Å². The third-order valence-corrected chi connectivity index (χ3v) is 2.20. The van der Waals surface area contributed by atoms with Crippen LogP contribution in [0.5, 0.6) is 0 Å². The van der Waals surface area contributed by atoms with E-state index in [2.05, 4.69) is 17.4 Å². The highest BCUT2D eigenvalue weighted by Gasteiger charge is 2.08. The van der Waals surface area contributed by atoms with Gasteiger partial charge >= 0.3 is 0 Å². The lowest BCUT2D eigenvalue weighted by Crippen LogP contribution is -2.18. The minimum atomic E-state index is 0.251. The molecule has 0 aliphatic carbocycles. The maximum Gasteiger partial charge on any atom is 0.0437 e. The second-order valence-electron chi connectivity index (χ2n) is 3.18. The molecule has 0 radical (unpaired) electrons. The lowest BCUT2D eigenvalue weighted by Gasteiger charge is -2.15. The van der Waals surface area contributed by atoms with Crippen molar-refractivity contribution in [3.05, 3.63) is 35.9 Å². The van der Waals surface area contributed by atoms with Gasteiger partial charge < -0.3 is 10.4 Å². The van der Waals surface area contributed by atoms with Gasteiger partial charge in [0.05, 0.1) is 0 Å². The van der Waals surface area contributed by atoms with Crippen molar-refractivity contribution in [1.29, 1.82) is 0 Å². The van der Waals surface area contributed by atoms with Gasteiger partial charge in [-0.25, -0.2) is 0 Å². The first kappa shape index (κ1) is 14.1. The molecule has 1 atom stereocenters. The van der Waals surface area contributed by atoms with Crippen molar-refractivity contribution < 1.29 is 5.11 Å². The fraction of sp³-hybridized carbons (Fsp3) is 0.538. The Balaban J connectivity index is 0.000000921. The van der Waals surface area contributed by atoms with Crippen molar-refractivity contribution in [1.82, 2.24) is 5.32 Å². The molecule has 0 saturated heterocycles. The van der Waals surface area contributed by atoms with E-state index in [1.165, 1.54) is 5.56 Å². The molecule has 0 spiro atoms. The minimum Gasteiger partial charge on any atom is -0.396 e. The Morgan fingerprint density at radius 1 is 1.20 bits per heavy atom. The molecule has 2 nitrogen and oxygen atoms in total. The topological polar surface area (TPSA) is 32.3 Å². The van der Waals surface area contributed by atoms with Gasteiger partial charge in [0.2, 0.25) is 0 Å². The summed E-state index contributed by atoms with van der Waals surface area (Å²) in [5, 5.41) is 12.0. The summed E-state index contributed by atoms with van der Waals surface area (Å²) in [6, 6.07) is 10.3. The molecule has 15 heavy (non-hydrogen) atoms. The van der Waals surface area contributed by atoms with Crippen molar-refractivity contribution in [2.45, 2.75) is 26.2 Å². The Kier molecular flexibility index (Phi) is 9.13. The zero-order valence-corrected chi connectivity index (χ0v) is 10.0. The normalized spacial score (nSPS) is 11.5. The highest BCUT2D eigenvalue weighted by molar-refractivity contribution is 5.19. The summed E-state index contributed by atoms with van der Waals surface area (Å²) in [5.74, 6) is 0.427. The van der Waals surface area contributed by atoms with Crippen LogP contribution in [0.25, 0.3) is 0 Å². The quantitative estimate of drug-likeness (QED) is 0.780. The van der Waals surface area contributed by atoms with Gasteiger partial charge in [0, 0.05) is 13.2 Å². The van der Waals surface area contributed by atoms with Crippen LogP contribution >= 0.6 is 0 Å². The first-order chi connectivity index (χ1) is 7.38. The van der Waals surface area contributed by atoms with E-state index in [0.29, 0.717) is 5.92 Å². The average molecular weight is 209 g/mol. The molecular weight excluding hydrogens is 186 g/mol. The molecule has 1 aromatic carbocycles. The summed E-state index contributed by atoms with van der Waals surface area (Å²) < 4.78 is 0. The van der Waals surface area contributed by atoms with E-state index in [4.69, 9.17) is 5.11 Å². The standard InChI is InChI=1S/C11H17NO.C2H6/c1-12-9-11(7-8-13)10-5-3-2-4-6-10;1-2/h2-6,11-13H,7-9H2,1H3;1-2H3. The van der Waals surface area contributed by atoms with Crippen LogP contribution in [-0.2, 0) is 0 Å². The molecule has 0 bridgehead atoms. The van der Waals surface area contributed by atoms with E-state index in [1.807, 2.05) is 39.1 Å². The van der Waals surface area contributed by atoms with Crippen molar-refractivity contribution in [2.75, 3.05) is 20.2 Å². The fourth-order valence-corrected chi connectivity index (χ4v) is 1.51. The van der Waals surface area contributed by atoms with Gasteiger partial charge in [0.25, 0.3) is 0 Å². The Labute approximate surface area is 93.3 Å². The van der Waals surface area contributed by atoms with Crippen LogP contribution in [0.1, 0.15) is 31.7 Å². The predicted octanol–water partition coefficient (Wildman–Crippen LogP) is 2.40. The van der Waals surface area contributed by atoms with Crippen LogP contribution in [0.3, 0.4) is 0 Å². The molecule has 1 rings (SSSR count). The Hall–Kier alpha value is -0.860. The van der Waals surface area contributed by atoms with Crippen LogP contribution in [0, 0.1) is 0 Å². The zero-order chi connectivity index (χ0) is 11.5. The number of nitrogens with one attached hydrogen (secondary N) is 1. The number of rotatable bonds is 5. The van der Waals surface area contributed by atoms with E-state index >= 15 is 0 Å². The van der Waals surface area contributed by atoms with Gasteiger partial charge in [-0.3, -0.25) is 0 Å². The molecule has 0 aliphatic rings. The molecule has 2 heteroatoms. The molecule has 0 amide bonds. The third-order valence-electron chi connectivity index (χ3n) is 2.20. The molecule has 0 fully saturated rings. The summed E-state index contributed by atoms with van der Waals surface area (Å²) in [5.41, 5.74) is 1.30. The minimum absolute atomic E-state index is 0.251. The smallest absolute Gasteiger partial charge is 0.0437 e. The fourth-order valence-electron chi connectivity index (χ4n) is 1.51. The second-order valence-corrected chi connectivity index (χ2v) is 3.18. The number of aliphatic hydroxyl groups is 1. The van der Waals surface area contributed by atoms with Crippen LogP contribution in [0.15, 0.2) is 30.3 Å². The maximum absolute atomic E-state index is 8.90. The Morgan fingerprint density at radius 3 is 2.27 bits per heavy atom. The van der Waals surface area contributed by atoms with Gasteiger partial charge in [-0.2, -0.15) is 0 Å². The van der Waals surface area contributed by atoms with Gasteiger partial charge in [0.1, 0.15) is 0 Å². The van der Waals surface area contributed by atoms with Crippen molar-refractivity contribution in [2.24, 2.45) is 0 Å². The van der Waals surface area contributed by atoms with Crippen molar-refractivity contribution >= 4 is 0 Å². The highest BCUT2D eigenvalue weighted by atomic mass is 16.3. The van der Waals surface area contributed by atoms with Crippen LogP contribution in [0.4, 0.5) is 0 Å². The molecule has 2 N–H and O–H groups in total. The van der Waals surface area contributed by atoms with Gasteiger partial charge in [0.15, 0.2) is 0 Å². The van der Waals surface area contributed by atoms with Gasteiger partial charge in [-0.1, -0.05) is 44.2 Å². The molecule has 0 aliphatic heterocycles. The first-order valence-corrected chi connectivity index (χ1v) is 5.69. The molecule has 1 unspecified atom stereocenters. The second kappa shape index (κ2) is 9.69. The number of benzene rings is 1. The summed E-state index contributed by atoms with van der Waals surface area (Å²) in [6.45, 7) is 5.17. The number of hydrogen-bond acceptors (Lipinski definition) is 2. The van der Waals surface area contributed by atoms with Crippen LogP contribution in [-0.4, -0.2) is 25.3 Å². The number of aliphatic hydroxyl groups excluding tert-OH is 1. The van der Waals surface area contributed by atoms with E-state index < -0.39 is 0 Å². The zero-order valence-electron chi connectivity index (χ0n) is 10.0. The summed E-state index contributed by atoms with van der Waals surface area (Å²) in [4.78, 5) is 0. The third kappa shape index (κ3) is 5.55. The Bertz CT molecular complexity index is 217. The summed E-state index contributed by atoms with van der Waals surface area (Å²) in [7, 11) is 1.94. The highest BCUT2D eigenvalue weighted by Crippen LogP contribution is 2.17. The Morgan fingerprint density at radius 2 is 1.80 bits per heavy atom. The summed E-state index contributed by atoms with van der Waals surface area (Å²) in [6.07, 6.45) is 0.824. The average Bonchev–Trinajstić information content (AvgIpc) is 2.33. The summed E-state index contributed by atoms with van der Waals surface area (Å²) >= 11 is 0. The van der Waals surface area contributed by atoms with Crippen LogP contribution in [0.2, 0.25) is 0 Å². The molecule has 86 valence electrons. The molecule has 0 saturated carbocycles. The first-order valence-electron chi connectivity index (χ1n) is 5.69. The largest absolute Gasteiger partial charge is 0.396 e. The maximum atomic E-state index is 8.90. The predicted molar refractivity (Wildman–Crippen MR) is 66.2 cm³/mol. The molecular formula is C13H23NO. The van der Waals surface area contributed by atoms with E-state index in [1.54, 1.807) is 0 Å². The molecule has 0 heterocycles. The number of likely N-dealkylation sites (N-methyl/N-ethyl adjacent to an activating group) is 1.